The van der Waals surface area contributed by atoms with Crippen LogP contribution in [0.2, 0.25) is 0 Å². The molecule has 4 aromatic carbocycles. The third-order valence-corrected chi connectivity index (χ3v) is 8.80. The normalized spacial score (nSPS) is 15.4. The van der Waals surface area contributed by atoms with Crippen LogP contribution in [-0.2, 0) is 45.4 Å². The molecule has 2 aromatic heterocycles. The largest absolute Gasteiger partial charge is 0.373 e. The van der Waals surface area contributed by atoms with Gasteiger partial charge in [0.1, 0.15) is 0 Å². The van der Waals surface area contributed by atoms with Gasteiger partial charge in [-0.05, 0) is 83.3 Å². The summed E-state index contributed by atoms with van der Waals surface area (Å²) in [6, 6.07) is 34.6. The van der Waals surface area contributed by atoms with Crippen LogP contribution in [0.5, 0.6) is 0 Å². The van der Waals surface area contributed by atoms with E-state index in [-0.39, 0.29) is 0 Å². The minimum absolute atomic E-state index is 0.548. The number of rotatable bonds is 0. The van der Waals surface area contributed by atoms with E-state index < -0.39 is 0 Å². The van der Waals surface area contributed by atoms with Gasteiger partial charge in [-0.15, -0.1) is 0 Å². The third-order valence-electron chi connectivity index (χ3n) is 8.80. The third kappa shape index (κ3) is 12.7. The summed E-state index contributed by atoms with van der Waals surface area (Å²) in [5.41, 5.74) is 11.4. The molecule has 0 fully saturated rings. The summed E-state index contributed by atoms with van der Waals surface area (Å²) in [5, 5.41) is 6.59. The number of hydrogen-bond acceptors (Lipinski definition) is 10. The predicted octanol–water partition coefficient (Wildman–Crippen LogP) is 10.3. The second kappa shape index (κ2) is 21.9. The van der Waals surface area contributed by atoms with E-state index in [1.165, 1.54) is 5.56 Å². The Kier molecular flexibility index (Phi) is 15.6. The molecule has 0 aliphatic carbocycles. The summed E-state index contributed by atoms with van der Waals surface area (Å²) >= 11 is 0. The highest BCUT2D eigenvalue weighted by molar-refractivity contribution is 5.64. The van der Waals surface area contributed by atoms with Crippen molar-refractivity contribution >= 4 is 23.3 Å². The van der Waals surface area contributed by atoms with Crippen LogP contribution in [0.25, 0.3) is 22.5 Å². The molecule has 0 saturated carbocycles. The monoisotopic (exact) mass is 762 g/mol. The van der Waals surface area contributed by atoms with Gasteiger partial charge in [0.05, 0.1) is 64.2 Å². The second-order valence-electron chi connectivity index (χ2n) is 13.0. The summed E-state index contributed by atoms with van der Waals surface area (Å²) in [4.78, 5) is 18.1. The van der Waals surface area contributed by atoms with E-state index in [9.17, 15) is 0 Å². The maximum atomic E-state index is 5.78. The smallest absolute Gasteiger partial charge is 0.227 e. The molecule has 0 amide bonds. The summed E-state index contributed by atoms with van der Waals surface area (Å²) in [5.74, 6) is 1.13. The number of nitrogens with one attached hydrogen (secondary N) is 2. The number of ether oxygens (including phenoxy) is 4. The summed E-state index contributed by atoms with van der Waals surface area (Å²) < 4.78 is 22.9. The van der Waals surface area contributed by atoms with E-state index in [0.717, 1.165) is 56.1 Å². The Hall–Kier alpha value is -6.04. The predicted molar refractivity (Wildman–Crippen MR) is 227 cm³/mol. The SMILES string of the molecule is C1=C/COCc2cccc(c2)-c2ccnc(n2)Nc2cccc(c2)COC/1.CC.Cc1ccc2cc1COC/C=C/COCc1cccc(c1)-c1ccnc(n1)N2. The van der Waals surface area contributed by atoms with Crippen LogP contribution in [0, 0.1) is 6.92 Å². The lowest BCUT2D eigenvalue weighted by Gasteiger charge is -2.11. The maximum absolute atomic E-state index is 5.78. The van der Waals surface area contributed by atoms with Gasteiger partial charge in [0.25, 0.3) is 0 Å². The van der Waals surface area contributed by atoms with Crippen molar-refractivity contribution in [3.63, 3.8) is 0 Å². The molecule has 0 spiro atoms. The fourth-order valence-electron chi connectivity index (χ4n) is 5.95. The van der Waals surface area contributed by atoms with E-state index >= 15 is 0 Å². The lowest BCUT2D eigenvalue weighted by molar-refractivity contribution is 0.140. The summed E-state index contributed by atoms with van der Waals surface area (Å²) in [6.07, 6.45) is 11.5. The molecule has 10 heteroatoms. The first-order chi connectivity index (χ1) is 28.1. The number of benzene rings is 4. The minimum atomic E-state index is 0.548. The van der Waals surface area contributed by atoms with Crippen LogP contribution in [-0.4, -0.2) is 46.4 Å². The Bertz CT molecular complexity index is 2240. The van der Waals surface area contributed by atoms with Gasteiger partial charge in [-0.25, -0.2) is 19.9 Å². The van der Waals surface area contributed by atoms with Crippen LogP contribution in [0.4, 0.5) is 23.3 Å². The van der Waals surface area contributed by atoms with Crippen LogP contribution >= 0.6 is 0 Å². The van der Waals surface area contributed by atoms with Crippen molar-refractivity contribution in [3.8, 4) is 22.5 Å². The lowest BCUT2D eigenvalue weighted by Crippen LogP contribution is -2.01. The zero-order valence-corrected chi connectivity index (χ0v) is 32.9. The molecule has 12 bridgehead atoms. The molecule has 0 unspecified atom stereocenters. The average molecular weight is 763 g/mol. The fourth-order valence-corrected chi connectivity index (χ4v) is 5.95. The van der Waals surface area contributed by atoms with Gasteiger partial charge >= 0.3 is 0 Å². The number of hydrogen-bond donors (Lipinski definition) is 2. The molecule has 2 N–H and O–H groups in total. The summed E-state index contributed by atoms with van der Waals surface area (Å²) in [6.45, 7) is 10.5. The van der Waals surface area contributed by atoms with Crippen molar-refractivity contribution < 1.29 is 18.9 Å². The van der Waals surface area contributed by atoms with Gasteiger partial charge in [-0.3, -0.25) is 0 Å². The summed E-state index contributed by atoms with van der Waals surface area (Å²) in [7, 11) is 0. The van der Waals surface area contributed by atoms with E-state index in [4.69, 9.17) is 18.9 Å². The number of nitrogens with zero attached hydrogens (tertiary/aromatic N) is 4. The van der Waals surface area contributed by atoms with Crippen molar-refractivity contribution in [2.45, 2.75) is 47.2 Å². The van der Waals surface area contributed by atoms with Crippen molar-refractivity contribution in [1.82, 2.24) is 19.9 Å². The molecule has 0 radical (unpaired) electrons. The first-order valence-electron chi connectivity index (χ1n) is 19.3. The molecule has 0 atom stereocenters. The molecule has 57 heavy (non-hydrogen) atoms. The highest BCUT2D eigenvalue weighted by Gasteiger charge is 2.08. The molecular weight excluding hydrogens is 713 g/mol. The maximum Gasteiger partial charge on any atom is 0.227 e. The number of fused-ring (bicyclic) bond motifs is 14. The van der Waals surface area contributed by atoms with Crippen molar-refractivity contribution in [2.24, 2.45) is 0 Å². The van der Waals surface area contributed by atoms with E-state index in [1.807, 2.05) is 98.8 Å². The molecule has 8 rings (SSSR count). The minimum Gasteiger partial charge on any atom is -0.373 e. The Balaban J connectivity index is 0.000000185. The van der Waals surface area contributed by atoms with Crippen LogP contribution < -0.4 is 10.6 Å². The van der Waals surface area contributed by atoms with Gasteiger partial charge in [0.15, 0.2) is 0 Å². The fraction of sp³-hybridized carbons (Fsp3) is 0.234. The van der Waals surface area contributed by atoms with E-state index in [2.05, 4.69) is 80.0 Å². The standard InChI is InChI=1S/C23H23N3O2.C22H21N3O2.C2H6/c1-17-7-8-21-14-20(17)16-28-12-3-2-11-27-15-18-5-4-6-19(13-18)22-9-10-24-23(25-21)26-22;1-2-12-27-16-18-6-4-8-20(14-18)24-22-23-10-9-21(25-22)19-7-3-5-17(13-19)15-26-11-1;1-2/h2-10,13-14H,11-12,15-16H2,1H3,(H,24,25,26);1-10,13-14H,11-12,15-16H2,(H,23,24,25);1-2H3/b3-2+;2-1+;. The molecule has 2 aliphatic heterocycles. The zero-order valence-electron chi connectivity index (χ0n) is 32.9. The van der Waals surface area contributed by atoms with Crippen molar-refractivity contribution in [2.75, 3.05) is 37.1 Å². The van der Waals surface area contributed by atoms with Gasteiger partial charge in [-0.1, -0.05) is 92.7 Å². The van der Waals surface area contributed by atoms with Crippen molar-refractivity contribution in [3.05, 3.63) is 168 Å². The van der Waals surface area contributed by atoms with Gasteiger partial charge in [-0.2, -0.15) is 0 Å². The Morgan fingerprint density at radius 2 is 0.930 bits per heavy atom. The molecule has 2 aliphatic rings. The van der Waals surface area contributed by atoms with E-state index in [1.54, 1.807) is 12.4 Å². The molecule has 10 nitrogen and oxygen atoms in total. The number of anilines is 4. The van der Waals surface area contributed by atoms with Gasteiger partial charge in [0, 0.05) is 34.9 Å². The van der Waals surface area contributed by atoms with Crippen LogP contribution in [0.15, 0.2) is 140 Å². The zero-order chi connectivity index (χ0) is 39.5. The van der Waals surface area contributed by atoms with Crippen LogP contribution in [0.3, 0.4) is 0 Å². The Morgan fingerprint density at radius 1 is 0.474 bits per heavy atom. The molecule has 6 aromatic rings. The molecule has 0 saturated heterocycles. The lowest BCUT2D eigenvalue weighted by atomic mass is 10.1. The van der Waals surface area contributed by atoms with Gasteiger partial charge in [0.2, 0.25) is 11.9 Å². The molecule has 292 valence electrons. The Labute approximate surface area is 335 Å². The molecular formula is C47H50N6O4. The average Bonchev–Trinajstić information content (AvgIpc) is 3.25. The first kappa shape index (κ1) is 40.6. The topological polar surface area (TPSA) is 113 Å². The Morgan fingerprint density at radius 3 is 1.46 bits per heavy atom. The van der Waals surface area contributed by atoms with Crippen LogP contribution in [0.1, 0.15) is 41.7 Å². The highest BCUT2D eigenvalue weighted by Crippen LogP contribution is 2.24. The van der Waals surface area contributed by atoms with Gasteiger partial charge < -0.3 is 29.6 Å². The highest BCUT2D eigenvalue weighted by atomic mass is 16.5. The van der Waals surface area contributed by atoms with E-state index in [0.29, 0.717) is 64.8 Å². The van der Waals surface area contributed by atoms with Crippen molar-refractivity contribution in [1.29, 1.82) is 0 Å². The first-order valence-corrected chi connectivity index (χ1v) is 19.3. The number of aromatic nitrogens is 4. The quantitative estimate of drug-likeness (QED) is 0.145. The molecule has 4 heterocycles. The second-order valence-corrected chi connectivity index (χ2v) is 13.0. The number of aryl methyl sites for hydroxylation is 1.